The molecular weight excluding hydrogens is 246 g/mol. The molecule has 7 heteroatoms. The van der Waals surface area contributed by atoms with E-state index < -0.39 is 0 Å². The van der Waals surface area contributed by atoms with Crippen LogP contribution < -0.4 is 15.2 Å². The quantitative estimate of drug-likeness (QED) is 0.680. The first kappa shape index (κ1) is 10.1. The summed E-state index contributed by atoms with van der Waals surface area (Å²) >= 11 is 0. The summed E-state index contributed by atoms with van der Waals surface area (Å²) < 4.78 is 10.6. The molecule has 3 N–H and O–H groups in total. The van der Waals surface area contributed by atoms with Crippen molar-refractivity contribution in [1.82, 2.24) is 19.9 Å². The van der Waals surface area contributed by atoms with E-state index in [1.807, 2.05) is 18.2 Å². The summed E-state index contributed by atoms with van der Waals surface area (Å²) in [5, 5.41) is 0. The van der Waals surface area contributed by atoms with E-state index in [1.165, 1.54) is 6.33 Å². The van der Waals surface area contributed by atoms with Crippen LogP contribution in [0.1, 0.15) is 0 Å². The highest BCUT2D eigenvalue weighted by Crippen LogP contribution is 2.35. The van der Waals surface area contributed by atoms with Gasteiger partial charge in [-0.25, -0.2) is 15.0 Å². The monoisotopic (exact) mass is 255 g/mol. The van der Waals surface area contributed by atoms with Crippen molar-refractivity contribution in [3.8, 4) is 22.9 Å². The van der Waals surface area contributed by atoms with Crippen molar-refractivity contribution in [2.75, 3.05) is 12.5 Å². The van der Waals surface area contributed by atoms with Crippen LogP contribution in [-0.4, -0.2) is 26.7 Å². The van der Waals surface area contributed by atoms with Gasteiger partial charge in [0.05, 0.1) is 0 Å². The van der Waals surface area contributed by atoms with Gasteiger partial charge in [0, 0.05) is 5.56 Å². The lowest BCUT2D eigenvalue weighted by molar-refractivity contribution is 0.174. The number of nitrogens with zero attached hydrogens (tertiary/aromatic N) is 3. The van der Waals surface area contributed by atoms with E-state index in [2.05, 4.69) is 19.9 Å². The Morgan fingerprint density at radius 3 is 2.95 bits per heavy atom. The largest absolute Gasteiger partial charge is 0.454 e. The molecule has 4 rings (SSSR count). The van der Waals surface area contributed by atoms with Crippen molar-refractivity contribution in [3.63, 3.8) is 0 Å². The third kappa shape index (κ3) is 1.48. The third-order valence-corrected chi connectivity index (χ3v) is 2.96. The third-order valence-electron chi connectivity index (χ3n) is 2.96. The van der Waals surface area contributed by atoms with Crippen LogP contribution in [0, 0.1) is 0 Å². The topological polar surface area (TPSA) is 98.9 Å². The van der Waals surface area contributed by atoms with Crippen molar-refractivity contribution < 1.29 is 9.47 Å². The molecule has 19 heavy (non-hydrogen) atoms. The maximum Gasteiger partial charge on any atom is 0.231 e. The minimum absolute atomic E-state index is 0.247. The average molecular weight is 255 g/mol. The maximum atomic E-state index is 5.76. The molecule has 0 atom stereocenters. The molecule has 1 aromatic carbocycles. The fraction of sp³-hybridized carbons (Fsp3) is 0.0833. The van der Waals surface area contributed by atoms with Crippen LogP contribution in [0.5, 0.6) is 11.5 Å². The van der Waals surface area contributed by atoms with Gasteiger partial charge in [0.25, 0.3) is 0 Å². The molecule has 0 spiro atoms. The highest BCUT2D eigenvalue weighted by molar-refractivity contribution is 5.84. The van der Waals surface area contributed by atoms with Crippen LogP contribution in [0.25, 0.3) is 22.6 Å². The van der Waals surface area contributed by atoms with E-state index in [1.54, 1.807) is 0 Å². The Bertz CT molecular complexity index is 783. The predicted molar refractivity (Wildman–Crippen MR) is 67.7 cm³/mol. The Balaban J connectivity index is 1.88. The Morgan fingerprint density at radius 1 is 1.16 bits per heavy atom. The fourth-order valence-corrected chi connectivity index (χ4v) is 2.03. The summed E-state index contributed by atoms with van der Waals surface area (Å²) in [6.45, 7) is 0.247. The van der Waals surface area contributed by atoms with E-state index in [0.717, 1.165) is 11.3 Å². The number of benzene rings is 1. The summed E-state index contributed by atoms with van der Waals surface area (Å²) in [5.74, 6) is 2.46. The van der Waals surface area contributed by atoms with Crippen molar-refractivity contribution >= 4 is 17.0 Å². The number of aromatic nitrogens is 4. The van der Waals surface area contributed by atoms with Gasteiger partial charge in [-0.2, -0.15) is 0 Å². The van der Waals surface area contributed by atoms with Gasteiger partial charge in [-0.1, -0.05) is 0 Å². The summed E-state index contributed by atoms with van der Waals surface area (Å²) in [7, 11) is 0. The SMILES string of the molecule is Nc1ncnc2[nH]c(-c3ccc4c(c3)OCO4)nc12. The Labute approximate surface area is 107 Å². The molecule has 0 fully saturated rings. The lowest BCUT2D eigenvalue weighted by Crippen LogP contribution is -1.92. The standard InChI is InChI=1S/C12H9N5O2/c13-10-9-12(15-4-14-10)17-11(16-9)6-1-2-7-8(3-6)19-5-18-7/h1-4H,5H2,(H3,13,14,15,16,17). The summed E-state index contributed by atoms with van der Waals surface area (Å²) in [5.41, 5.74) is 7.81. The molecule has 2 aromatic heterocycles. The number of H-pyrrole nitrogens is 1. The van der Waals surface area contributed by atoms with Crippen LogP contribution in [0.4, 0.5) is 5.82 Å². The lowest BCUT2D eigenvalue weighted by Gasteiger charge is -1.99. The minimum atomic E-state index is 0.247. The average Bonchev–Trinajstić information content (AvgIpc) is 3.04. The van der Waals surface area contributed by atoms with Gasteiger partial charge in [-0.3, -0.25) is 0 Å². The van der Waals surface area contributed by atoms with Crippen LogP contribution in [0.2, 0.25) is 0 Å². The van der Waals surface area contributed by atoms with E-state index in [4.69, 9.17) is 15.2 Å². The molecular formula is C12H9N5O2. The van der Waals surface area contributed by atoms with E-state index >= 15 is 0 Å². The Morgan fingerprint density at radius 2 is 2.05 bits per heavy atom. The van der Waals surface area contributed by atoms with Crippen LogP contribution in [0.3, 0.4) is 0 Å². The number of hydrogen-bond acceptors (Lipinski definition) is 6. The first-order valence-electron chi connectivity index (χ1n) is 5.67. The molecule has 94 valence electrons. The van der Waals surface area contributed by atoms with Crippen LogP contribution in [-0.2, 0) is 0 Å². The molecule has 3 aromatic rings. The van der Waals surface area contributed by atoms with Crippen molar-refractivity contribution in [3.05, 3.63) is 24.5 Å². The van der Waals surface area contributed by atoms with Gasteiger partial charge in [0.1, 0.15) is 12.2 Å². The van der Waals surface area contributed by atoms with Crippen molar-refractivity contribution in [2.24, 2.45) is 0 Å². The lowest BCUT2D eigenvalue weighted by atomic mass is 10.2. The highest BCUT2D eigenvalue weighted by atomic mass is 16.7. The zero-order valence-electron chi connectivity index (χ0n) is 9.75. The number of nitrogen functional groups attached to an aromatic ring is 1. The predicted octanol–water partition coefficient (Wildman–Crippen LogP) is 1.33. The minimum Gasteiger partial charge on any atom is -0.454 e. The van der Waals surface area contributed by atoms with E-state index in [0.29, 0.717) is 28.6 Å². The van der Waals surface area contributed by atoms with Gasteiger partial charge < -0.3 is 20.2 Å². The van der Waals surface area contributed by atoms with Crippen LogP contribution in [0.15, 0.2) is 24.5 Å². The number of fused-ring (bicyclic) bond motifs is 2. The molecule has 1 aliphatic rings. The number of rotatable bonds is 1. The van der Waals surface area contributed by atoms with Gasteiger partial charge >= 0.3 is 0 Å². The number of imidazole rings is 1. The molecule has 0 saturated heterocycles. The van der Waals surface area contributed by atoms with Crippen molar-refractivity contribution in [2.45, 2.75) is 0 Å². The van der Waals surface area contributed by atoms with Gasteiger partial charge in [-0.05, 0) is 18.2 Å². The van der Waals surface area contributed by atoms with E-state index in [9.17, 15) is 0 Å². The molecule has 0 aliphatic carbocycles. The molecule has 3 heterocycles. The first-order valence-corrected chi connectivity index (χ1v) is 5.67. The second kappa shape index (κ2) is 3.58. The molecule has 7 nitrogen and oxygen atoms in total. The zero-order chi connectivity index (χ0) is 12.8. The summed E-state index contributed by atoms with van der Waals surface area (Å²) in [6, 6.07) is 5.61. The fourth-order valence-electron chi connectivity index (χ4n) is 2.03. The summed E-state index contributed by atoms with van der Waals surface area (Å²) in [6.07, 6.45) is 1.40. The Kier molecular flexibility index (Phi) is 1.91. The van der Waals surface area contributed by atoms with Gasteiger partial charge in [0.2, 0.25) is 6.79 Å². The molecule has 0 radical (unpaired) electrons. The number of ether oxygens (including phenoxy) is 2. The number of nitrogens with one attached hydrogen (secondary N) is 1. The van der Waals surface area contributed by atoms with Gasteiger partial charge in [0.15, 0.2) is 28.5 Å². The number of hydrogen-bond donors (Lipinski definition) is 2. The molecule has 0 unspecified atom stereocenters. The zero-order valence-corrected chi connectivity index (χ0v) is 9.75. The smallest absolute Gasteiger partial charge is 0.231 e. The summed E-state index contributed by atoms with van der Waals surface area (Å²) in [4.78, 5) is 15.5. The highest BCUT2D eigenvalue weighted by Gasteiger charge is 2.16. The number of nitrogens with two attached hydrogens (primary N) is 1. The Hall–Kier alpha value is -2.83. The maximum absolute atomic E-state index is 5.76. The first-order chi connectivity index (χ1) is 9.31. The molecule has 1 aliphatic heterocycles. The second-order valence-electron chi connectivity index (χ2n) is 4.11. The normalized spacial score (nSPS) is 13.1. The van der Waals surface area contributed by atoms with Crippen LogP contribution >= 0.6 is 0 Å². The molecule has 0 saturated carbocycles. The number of aromatic amines is 1. The molecule has 0 amide bonds. The number of anilines is 1. The van der Waals surface area contributed by atoms with Gasteiger partial charge in [-0.15, -0.1) is 0 Å². The second-order valence-corrected chi connectivity index (χ2v) is 4.11. The molecule has 0 bridgehead atoms. The van der Waals surface area contributed by atoms with E-state index in [-0.39, 0.29) is 6.79 Å². The van der Waals surface area contributed by atoms with Crippen molar-refractivity contribution in [1.29, 1.82) is 0 Å².